The van der Waals surface area contributed by atoms with Crippen molar-refractivity contribution in [1.29, 1.82) is 0 Å². The molecule has 2 aliphatic carbocycles. The molecule has 23 heavy (non-hydrogen) atoms. The van der Waals surface area contributed by atoms with Crippen LogP contribution in [-0.2, 0) is 29.1 Å². The fourth-order valence-electron chi connectivity index (χ4n) is 2.26. The normalized spacial score (nSPS) is 29.6. The molecule has 1 radical (unpaired) electrons. The molecule has 2 saturated carbocycles. The fraction of sp³-hybridized carbons (Fsp3) is 0.857. The Kier molecular flexibility index (Phi) is 14.8. The summed E-state index contributed by atoms with van der Waals surface area (Å²) in [4.78, 5) is 18.5. The van der Waals surface area contributed by atoms with Gasteiger partial charge in [-0.3, -0.25) is 0 Å². The van der Waals surface area contributed by atoms with Gasteiger partial charge in [0.2, 0.25) is 0 Å². The summed E-state index contributed by atoms with van der Waals surface area (Å²) in [5, 5.41) is 11.7. The van der Waals surface area contributed by atoms with Gasteiger partial charge in [-0.2, -0.15) is 24.2 Å². The van der Waals surface area contributed by atoms with Gasteiger partial charge in [-0.25, -0.2) is 0 Å². The van der Waals surface area contributed by atoms with E-state index in [1.165, 1.54) is 25.7 Å². The van der Waals surface area contributed by atoms with E-state index in [0.717, 1.165) is 25.7 Å². The molecule has 0 spiro atoms. The third-order valence-corrected chi connectivity index (χ3v) is 3.74. The van der Waals surface area contributed by atoms with Crippen molar-refractivity contribution in [3.05, 3.63) is 22.9 Å². The minimum absolute atomic E-state index is 0. The third kappa shape index (κ3) is 12.5. The summed E-state index contributed by atoms with van der Waals surface area (Å²) in [5.41, 5.74) is 29.2. The number of hydrogen-bond acceptors (Lipinski definition) is 2. The minimum atomic E-state index is -1.46. The molecule has 0 heterocycles. The number of hydrogen-bond donors (Lipinski definition) is 0. The molecule has 2 rings (SSSR count). The quantitative estimate of drug-likeness (QED) is 0.334. The Labute approximate surface area is 150 Å². The van der Waals surface area contributed by atoms with E-state index in [2.05, 4.69) is 0 Å². The van der Waals surface area contributed by atoms with Crippen molar-refractivity contribution in [1.82, 2.24) is 0 Å². The van der Waals surface area contributed by atoms with Crippen molar-refractivity contribution in [2.75, 3.05) is 0 Å². The molecular formula is C14H28N4O4Ru+. The Morgan fingerprint density at radius 2 is 0.783 bits per heavy atom. The zero-order chi connectivity index (χ0) is 17.1. The fourth-order valence-corrected chi connectivity index (χ4v) is 2.26. The van der Waals surface area contributed by atoms with Crippen LogP contribution in [-0.4, -0.2) is 46.3 Å². The molecule has 0 aromatic carbocycles. The summed E-state index contributed by atoms with van der Waals surface area (Å²) >= 11 is 0. The van der Waals surface area contributed by atoms with Gasteiger partial charge in [-0.05, 0) is 0 Å². The van der Waals surface area contributed by atoms with Crippen molar-refractivity contribution < 1.29 is 39.3 Å². The number of rotatable bonds is 0. The molecule has 135 valence electrons. The van der Waals surface area contributed by atoms with E-state index in [9.17, 15) is 9.59 Å². The summed E-state index contributed by atoms with van der Waals surface area (Å²) in [7, 11) is 0. The van der Waals surface area contributed by atoms with E-state index in [-0.39, 0.29) is 43.6 Å². The largest absolute Gasteiger partial charge is 3.00 e. The van der Waals surface area contributed by atoms with Gasteiger partial charge in [0.15, 0.2) is 0 Å². The van der Waals surface area contributed by atoms with Gasteiger partial charge in [-0.15, -0.1) is 0 Å². The summed E-state index contributed by atoms with van der Waals surface area (Å²) in [6.07, 6.45) is 8.49. The van der Waals surface area contributed by atoms with E-state index in [1.807, 2.05) is 0 Å². The smallest absolute Gasteiger partial charge is 0.676 e. The predicted molar refractivity (Wildman–Crippen MR) is 86.6 cm³/mol. The average Bonchev–Trinajstić information content (AvgIpc) is 2.47. The molecule has 8 N–H and O–H groups in total. The van der Waals surface area contributed by atoms with Crippen molar-refractivity contribution in [3.8, 4) is 0 Å². The van der Waals surface area contributed by atoms with E-state index in [1.54, 1.807) is 0 Å². The molecule has 0 aromatic heterocycles. The second kappa shape index (κ2) is 13.8. The first-order valence-electron chi connectivity index (χ1n) is 7.61. The molecule has 8 nitrogen and oxygen atoms in total. The minimum Gasteiger partial charge on any atom is -0.676 e. The first-order valence-corrected chi connectivity index (χ1v) is 7.61. The first-order chi connectivity index (χ1) is 10.3. The second-order valence-electron chi connectivity index (χ2n) is 5.65. The van der Waals surface area contributed by atoms with E-state index in [4.69, 9.17) is 33.1 Å². The molecule has 2 aliphatic rings. The molecule has 9 heteroatoms. The summed E-state index contributed by atoms with van der Waals surface area (Å²) in [6, 6.07) is -0.319. The van der Waals surface area contributed by atoms with Gasteiger partial charge in [0.05, 0.1) is 9.59 Å². The summed E-state index contributed by atoms with van der Waals surface area (Å²) < 4.78 is 0. The van der Waals surface area contributed by atoms with Gasteiger partial charge < -0.3 is 33.1 Å². The third-order valence-electron chi connectivity index (χ3n) is 3.74. The van der Waals surface area contributed by atoms with Crippen molar-refractivity contribution in [3.63, 3.8) is 0 Å². The molecule has 0 aliphatic heterocycles. The van der Waals surface area contributed by atoms with Crippen LogP contribution in [0.2, 0.25) is 0 Å². The predicted octanol–water partition coefficient (Wildman–Crippen LogP) is 2.29. The van der Waals surface area contributed by atoms with Crippen LogP contribution in [0.5, 0.6) is 0 Å². The summed E-state index contributed by atoms with van der Waals surface area (Å²) in [6.45, 7) is 0. The zero-order valence-corrected chi connectivity index (χ0v) is 14.9. The van der Waals surface area contributed by atoms with Crippen molar-refractivity contribution >= 4 is 11.9 Å². The van der Waals surface area contributed by atoms with Gasteiger partial charge in [0.25, 0.3) is 0 Å². The topological polar surface area (TPSA) is 175 Å². The zero-order valence-electron chi connectivity index (χ0n) is 13.1. The van der Waals surface area contributed by atoms with Gasteiger partial charge >= 0.3 is 31.4 Å². The van der Waals surface area contributed by atoms with Crippen LogP contribution in [0.4, 0.5) is 0 Å². The molecule has 0 amide bonds. The van der Waals surface area contributed by atoms with Crippen LogP contribution in [0.25, 0.3) is 22.9 Å². The molecule has 2 fully saturated rings. The molecule has 4 unspecified atom stereocenters. The average molecular weight is 417 g/mol. The Hall–Kier alpha value is -0.597. The summed E-state index contributed by atoms with van der Waals surface area (Å²) in [5.74, 6) is -2.93. The molecular weight excluding hydrogens is 389 g/mol. The number of carbonyl (C=O) groups excluding carboxylic acids is 2. The van der Waals surface area contributed by atoms with Gasteiger partial charge in [0, 0.05) is 0 Å². The van der Waals surface area contributed by atoms with Crippen LogP contribution < -0.4 is 0 Å². The van der Waals surface area contributed by atoms with Crippen molar-refractivity contribution in [2.24, 2.45) is 0 Å². The maximum atomic E-state index is 9.27. The Morgan fingerprint density at radius 1 is 0.609 bits per heavy atom. The maximum Gasteiger partial charge on any atom is 3.00 e. The van der Waals surface area contributed by atoms with Crippen LogP contribution in [0.3, 0.4) is 0 Å². The monoisotopic (exact) mass is 418 g/mol. The number of nitrogens with one attached hydrogen (secondary N) is 4. The van der Waals surface area contributed by atoms with Gasteiger partial charge in [-0.1, -0.05) is 51.4 Å². The van der Waals surface area contributed by atoms with Crippen LogP contribution in [0, 0.1) is 0 Å². The van der Waals surface area contributed by atoms with E-state index >= 15 is 0 Å². The van der Waals surface area contributed by atoms with E-state index < -0.39 is 11.9 Å². The first kappa shape index (κ1) is 24.7. The van der Waals surface area contributed by atoms with Crippen LogP contribution >= 0.6 is 0 Å². The Bertz CT molecular complexity index is 295. The molecule has 0 bridgehead atoms. The van der Waals surface area contributed by atoms with Crippen molar-refractivity contribution in [2.45, 2.75) is 75.5 Å². The molecule has 4 atom stereocenters. The number of carbonyl (C=O) groups is 2. The van der Waals surface area contributed by atoms with Crippen LogP contribution in [0.1, 0.15) is 51.4 Å². The Morgan fingerprint density at radius 3 is 0.870 bits per heavy atom. The second-order valence-corrected chi connectivity index (χ2v) is 5.65. The SMILES string of the molecule is O=C([OH2+])C(=O)[OH2+].[NH-]C1CCCCC1[NH-].[NH-]C1CCCCC1[NH-].[Ru+3]. The standard InChI is InChI=1S/2C6H12N2.C2H2O4.Ru/c2*7-5-3-1-2-4-6(5)8;3-1(4)2(5)6;/h2*5-8H,1-4H2;(H,3,4)(H,5,6);/q2*-2;;+3/p+2. The Balaban J connectivity index is 0. The van der Waals surface area contributed by atoms with Gasteiger partial charge in [0.1, 0.15) is 0 Å². The van der Waals surface area contributed by atoms with E-state index in [0.29, 0.717) is 0 Å². The maximum absolute atomic E-state index is 9.27. The molecule has 0 saturated heterocycles. The van der Waals surface area contributed by atoms with Crippen LogP contribution in [0.15, 0.2) is 0 Å². The molecule has 0 aromatic rings.